The summed E-state index contributed by atoms with van der Waals surface area (Å²) in [6.07, 6.45) is 5.42. The molecule has 2 aromatic carbocycles. The first-order valence-corrected chi connectivity index (χ1v) is 9.85. The van der Waals surface area contributed by atoms with Gasteiger partial charge in [-0.1, -0.05) is 55.3 Å². The number of nitrogens with two attached hydrogens (primary N) is 1. The summed E-state index contributed by atoms with van der Waals surface area (Å²) >= 11 is 0. The summed E-state index contributed by atoms with van der Waals surface area (Å²) in [5.41, 5.74) is 7.51. The van der Waals surface area contributed by atoms with Gasteiger partial charge in [-0.25, -0.2) is 0 Å². The van der Waals surface area contributed by atoms with Crippen LogP contribution in [0.2, 0.25) is 0 Å². The second-order valence-corrected chi connectivity index (χ2v) is 8.04. The monoisotopic (exact) mass is 338 g/mol. The van der Waals surface area contributed by atoms with Crippen LogP contribution < -0.4 is 5.73 Å². The molecule has 0 amide bonds. The lowest BCUT2D eigenvalue weighted by atomic mass is 9.74. The van der Waals surface area contributed by atoms with Gasteiger partial charge in [0.25, 0.3) is 0 Å². The fourth-order valence-corrected chi connectivity index (χ4v) is 4.84. The molecule has 1 saturated heterocycles. The van der Waals surface area contributed by atoms with Gasteiger partial charge in [-0.15, -0.1) is 0 Å². The quantitative estimate of drug-likeness (QED) is 0.897. The molecule has 3 heteroatoms. The van der Waals surface area contributed by atoms with Crippen LogP contribution in [0.5, 0.6) is 0 Å². The summed E-state index contributed by atoms with van der Waals surface area (Å²) in [7, 11) is 0. The third-order valence-corrected chi connectivity index (χ3v) is 6.26. The van der Waals surface area contributed by atoms with Crippen LogP contribution in [0.1, 0.15) is 43.6 Å². The molecule has 2 aromatic rings. The summed E-state index contributed by atoms with van der Waals surface area (Å²) in [5, 5.41) is 13.3. The minimum atomic E-state index is -0.165. The Labute approximate surface area is 150 Å². The maximum absolute atomic E-state index is 10.7. The molecule has 2 fully saturated rings. The molecule has 4 rings (SSSR count). The van der Waals surface area contributed by atoms with Crippen LogP contribution >= 0.6 is 0 Å². The number of rotatable bonds is 4. The zero-order valence-corrected chi connectivity index (χ0v) is 15.0. The normalized spacial score (nSPS) is 29.1. The lowest BCUT2D eigenvalue weighted by molar-refractivity contribution is 0.0476. The summed E-state index contributed by atoms with van der Waals surface area (Å²) in [6, 6.07) is 15.7. The van der Waals surface area contributed by atoms with Crippen molar-refractivity contribution in [1.82, 2.24) is 4.90 Å². The molecule has 1 aliphatic heterocycles. The Morgan fingerprint density at radius 3 is 2.60 bits per heavy atom. The first-order chi connectivity index (χ1) is 12.2. The zero-order chi connectivity index (χ0) is 17.2. The van der Waals surface area contributed by atoms with E-state index in [4.69, 9.17) is 5.73 Å². The number of benzene rings is 2. The summed E-state index contributed by atoms with van der Waals surface area (Å²) < 4.78 is 0. The molecule has 1 aliphatic carbocycles. The first kappa shape index (κ1) is 17.0. The number of likely N-dealkylation sites (tertiary alicyclic amines) is 1. The molecule has 0 bridgehead atoms. The third kappa shape index (κ3) is 3.74. The largest absolute Gasteiger partial charge is 0.393 e. The molecule has 4 atom stereocenters. The van der Waals surface area contributed by atoms with Gasteiger partial charge >= 0.3 is 0 Å². The second kappa shape index (κ2) is 7.45. The number of aliphatic hydroxyl groups excluding tert-OH is 1. The Bertz CT molecular complexity index is 716. The highest BCUT2D eigenvalue weighted by Gasteiger charge is 2.34. The minimum Gasteiger partial charge on any atom is -0.393 e. The van der Waals surface area contributed by atoms with Crippen LogP contribution in [0.15, 0.2) is 42.5 Å². The van der Waals surface area contributed by atoms with Crippen molar-refractivity contribution in [3.8, 4) is 0 Å². The van der Waals surface area contributed by atoms with Crippen molar-refractivity contribution in [1.29, 1.82) is 0 Å². The van der Waals surface area contributed by atoms with Gasteiger partial charge in [-0.05, 0) is 48.1 Å². The Balaban J connectivity index is 1.64. The summed E-state index contributed by atoms with van der Waals surface area (Å²) in [6.45, 7) is 3.11. The van der Waals surface area contributed by atoms with E-state index in [-0.39, 0.29) is 6.10 Å². The molecule has 0 spiro atoms. The Morgan fingerprint density at radius 2 is 1.84 bits per heavy atom. The molecular formula is C22H30N2O. The molecule has 3 unspecified atom stereocenters. The zero-order valence-electron chi connectivity index (χ0n) is 15.0. The SMILES string of the molecule is N[C@H]1CCN(CC(c2ccc3ccccc3c2)C2CCCCC2O)C1. The molecule has 0 aromatic heterocycles. The lowest BCUT2D eigenvalue weighted by Gasteiger charge is -2.37. The smallest absolute Gasteiger partial charge is 0.0574 e. The van der Waals surface area contributed by atoms with E-state index < -0.39 is 0 Å². The fourth-order valence-electron chi connectivity index (χ4n) is 4.84. The molecule has 1 saturated carbocycles. The van der Waals surface area contributed by atoms with Crippen LogP contribution in [0.25, 0.3) is 10.8 Å². The van der Waals surface area contributed by atoms with Crippen molar-refractivity contribution in [2.45, 2.75) is 50.2 Å². The lowest BCUT2D eigenvalue weighted by Crippen LogP contribution is -2.37. The van der Waals surface area contributed by atoms with Crippen LogP contribution in [-0.2, 0) is 0 Å². The maximum atomic E-state index is 10.7. The number of aliphatic hydroxyl groups is 1. The Hall–Kier alpha value is -1.42. The van der Waals surface area contributed by atoms with Gasteiger partial charge < -0.3 is 15.7 Å². The number of nitrogens with zero attached hydrogens (tertiary/aromatic N) is 1. The predicted molar refractivity (Wildman–Crippen MR) is 104 cm³/mol. The molecule has 3 nitrogen and oxygen atoms in total. The van der Waals surface area contributed by atoms with E-state index in [0.717, 1.165) is 45.3 Å². The van der Waals surface area contributed by atoms with Gasteiger partial charge in [0.15, 0.2) is 0 Å². The molecule has 1 heterocycles. The molecule has 134 valence electrons. The van der Waals surface area contributed by atoms with Crippen molar-refractivity contribution in [3.05, 3.63) is 48.0 Å². The molecular weight excluding hydrogens is 308 g/mol. The van der Waals surface area contributed by atoms with Gasteiger partial charge in [-0.2, -0.15) is 0 Å². The van der Waals surface area contributed by atoms with Crippen LogP contribution in [0.4, 0.5) is 0 Å². The first-order valence-electron chi connectivity index (χ1n) is 9.85. The van der Waals surface area contributed by atoms with Crippen LogP contribution in [0.3, 0.4) is 0 Å². The highest BCUT2D eigenvalue weighted by molar-refractivity contribution is 5.83. The van der Waals surface area contributed by atoms with E-state index in [1.165, 1.54) is 22.8 Å². The molecule has 3 N–H and O–H groups in total. The van der Waals surface area contributed by atoms with Crippen LogP contribution in [0, 0.1) is 5.92 Å². The average Bonchev–Trinajstić information content (AvgIpc) is 3.05. The van der Waals surface area contributed by atoms with Crippen molar-refractivity contribution < 1.29 is 5.11 Å². The Morgan fingerprint density at radius 1 is 1.04 bits per heavy atom. The van der Waals surface area contributed by atoms with E-state index >= 15 is 0 Å². The summed E-state index contributed by atoms with van der Waals surface area (Å²) in [5.74, 6) is 0.761. The van der Waals surface area contributed by atoms with E-state index in [1.807, 2.05) is 0 Å². The van der Waals surface area contributed by atoms with Crippen molar-refractivity contribution in [3.63, 3.8) is 0 Å². The van der Waals surface area contributed by atoms with Crippen molar-refractivity contribution >= 4 is 10.8 Å². The average molecular weight is 338 g/mol. The Kier molecular flexibility index (Phi) is 5.07. The van der Waals surface area contributed by atoms with E-state index in [2.05, 4.69) is 47.4 Å². The van der Waals surface area contributed by atoms with Crippen molar-refractivity contribution in [2.24, 2.45) is 11.7 Å². The third-order valence-electron chi connectivity index (χ3n) is 6.26. The predicted octanol–water partition coefficient (Wildman–Crippen LogP) is 3.51. The van der Waals surface area contributed by atoms with Gasteiger partial charge in [0, 0.05) is 25.0 Å². The van der Waals surface area contributed by atoms with Gasteiger partial charge in [0.05, 0.1) is 6.10 Å². The highest BCUT2D eigenvalue weighted by Crippen LogP contribution is 2.38. The van der Waals surface area contributed by atoms with E-state index in [1.54, 1.807) is 0 Å². The number of fused-ring (bicyclic) bond motifs is 1. The fraction of sp³-hybridized carbons (Fsp3) is 0.545. The second-order valence-electron chi connectivity index (χ2n) is 8.04. The van der Waals surface area contributed by atoms with E-state index in [0.29, 0.717) is 17.9 Å². The number of hydrogen-bond acceptors (Lipinski definition) is 3. The minimum absolute atomic E-state index is 0.165. The molecule has 2 aliphatic rings. The van der Waals surface area contributed by atoms with Gasteiger partial charge in [0.2, 0.25) is 0 Å². The standard InChI is InChI=1S/C22H30N2O/c23-19-11-12-24(14-19)15-21(20-7-3-4-8-22(20)25)18-10-9-16-5-1-2-6-17(16)13-18/h1-2,5-6,9-10,13,19-22,25H,3-4,7-8,11-12,14-15,23H2/t19-,20?,21?,22?/m0/s1. The van der Waals surface area contributed by atoms with Crippen LogP contribution in [-0.4, -0.2) is 41.8 Å². The van der Waals surface area contributed by atoms with E-state index in [9.17, 15) is 5.11 Å². The maximum Gasteiger partial charge on any atom is 0.0574 e. The van der Waals surface area contributed by atoms with Crippen molar-refractivity contribution in [2.75, 3.05) is 19.6 Å². The molecule has 25 heavy (non-hydrogen) atoms. The van der Waals surface area contributed by atoms with Gasteiger partial charge in [0.1, 0.15) is 0 Å². The van der Waals surface area contributed by atoms with Gasteiger partial charge in [-0.3, -0.25) is 0 Å². The number of hydrogen-bond donors (Lipinski definition) is 2. The highest BCUT2D eigenvalue weighted by atomic mass is 16.3. The molecule has 0 radical (unpaired) electrons. The topological polar surface area (TPSA) is 49.5 Å². The summed E-state index contributed by atoms with van der Waals surface area (Å²) in [4.78, 5) is 2.51.